The monoisotopic (exact) mass is 240 g/mol. The number of carboxylic acid groups (broad SMARTS) is 1. The van der Waals surface area contributed by atoms with Gasteiger partial charge in [-0.25, -0.2) is 9.59 Å². The number of rotatable bonds is 6. The first-order valence-corrected chi connectivity index (χ1v) is 6.41. The molecule has 0 bridgehead atoms. The Morgan fingerprint density at radius 3 is 2.06 bits per heavy atom. The molecule has 96 valence electrons. The number of hydrogen-bond acceptors (Lipinski definition) is 2. The highest BCUT2D eigenvalue weighted by Gasteiger charge is 2.42. The molecule has 2 amide bonds. The molecule has 5 nitrogen and oxygen atoms in total. The summed E-state index contributed by atoms with van der Waals surface area (Å²) in [5.74, 6) is 0.272. The van der Waals surface area contributed by atoms with Gasteiger partial charge >= 0.3 is 12.0 Å². The van der Waals surface area contributed by atoms with Gasteiger partial charge in [0.1, 0.15) is 6.04 Å². The minimum Gasteiger partial charge on any atom is -0.480 e. The molecule has 3 N–H and O–H groups in total. The van der Waals surface area contributed by atoms with E-state index >= 15 is 0 Å². The third-order valence-electron chi connectivity index (χ3n) is 3.57. The third kappa shape index (κ3) is 3.35. The highest BCUT2D eigenvalue weighted by atomic mass is 16.4. The van der Waals surface area contributed by atoms with Crippen molar-refractivity contribution in [1.29, 1.82) is 0 Å². The Hall–Kier alpha value is -1.26. The summed E-state index contributed by atoms with van der Waals surface area (Å²) in [6, 6.07) is -0.849. The third-order valence-corrected chi connectivity index (χ3v) is 3.57. The smallest absolute Gasteiger partial charge is 0.326 e. The SMILES string of the molecule is CCC(NC(=O)NC(C1CC1)C1CC1)C(=O)O. The molecule has 2 saturated carbocycles. The van der Waals surface area contributed by atoms with Crippen molar-refractivity contribution < 1.29 is 14.7 Å². The Kier molecular flexibility index (Phi) is 3.54. The van der Waals surface area contributed by atoms with Crippen molar-refractivity contribution >= 4 is 12.0 Å². The predicted molar refractivity (Wildman–Crippen MR) is 62.6 cm³/mol. The summed E-state index contributed by atoms with van der Waals surface area (Å²) < 4.78 is 0. The summed E-state index contributed by atoms with van der Waals surface area (Å²) in [5.41, 5.74) is 0. The van der Waals surface area contributed by atoms with E-state index in [1.54, 1.807) is 6.92 Å². The molecular weight excluding hydrogens is 220 g/mol. The predicted octanol–water partition coefficient (Wildman–Crippen LogP) is 1.34. The van der Waals surface area contributed by atoms with Gasteiger partial charge in [-0.2, -0.15) is 0 Å². The Morgan fingerprint density at radius 1 is 1.18 bits per heavy atom. The molecule has 2 aliphatic carbocycles. The van der Waals surface area contributed by atoms with Gasteiger partial charge in [0.15, 0.2) is 0 Å². The summed E-state index contributed by atoms with van der Waals surface area (Å²) >= 11 is 0. The van der Waals surface area contributed by atoms with Gasteiger partial charge in [-0.05, 0) is 43.9 Å². The molecule has 17 heavy (non-hydrogen) atoms. The van der Waals surface area contributed by atoms with Crippen LogP contribution in [0.3, 0.4) is 0 Å². The Balaban J connectivity index is 1.80. The van der Waals surface area contributed by atoms with Gasteiger partial charge in [-0.1, -0.05) is 6.92 Å². The number of urea groups is 1. The van der Waals surface area contributed by atoms with Crippen LogP contribution >= 0.6 is 0 Å². The fourth-order valence-electron chi connectivity index (χ4n) is 2.22. The standard InChI is InChI=1S/C12H20N2O3/c1-2-9(11(15)16)13-12(17)14-10(7-3-4-7)8-5-6-8/h7-10H,2-6H2,1H3,(H,15,16)(H2,13,14,17). The summed E-state index contributed by atoms with van der Waals surface area (Å²) in [6.45, 7) is 1.75. The van der Waals surface area contributed by atoms with Crippen LogP contribution in [-0.4, -0.2) is 29.2 Å². The Bertz CT molecular complexity index is 299. The van der Waals surface area contributed by atoms with Crippen molar-refractivity contribution in [1.82, 2.24) is 10.6 Å². The van der Waals surface area contributed by atoms with Crippen LogP contribution in [0.2, 0.25) is 0 Å². The van der Waals surface area contributed by atoms with E-state index in [4.69, 9.17) is 5.11 Å². The van der Waals surface area contributed by atoms with Crippen LogP contribution in [-0.2, 0) is 4.79 Å². The molecule has 2 rings (SSSR count). The molecule has 1 unspecified atom stereocenters. The van der Waals surface area contributed by atoms with Crippen molar-refractivity contribution in [3.8, 4) is 0 Å². The zero-order valence-corrected chi connectivity index (χ0v) is 10.1. The molecule has 5 heteroatoms. The van der Waals surface area contributed by atoms with Crippen LogP contribution in [0.4, 0.5) is 4.79 Å². The van der Waals surface area contributed by atoms with Crippen molar-refractivity contribution in [2.45, 2.75) is 51.1 Å². The highest BCUT2D eigenvalue weighted by molar-refractivity contribution is 5.82. The van der Waals surface area contributed by atoms with E-state index in [2.05, 4.69) is 10.6 Å². The molecule has 0 aromatic rings. The van der Waals surface area contributed by atoms with E-state index in [1.165, 1.54) is 25.7 Å². The van der Waals surface area contributed by atoms with Gasteiger partial charge in [0.25, 0.3) is 0 Å². The maximum absolute atomic E-state index is 11.7. The van der Waals surface area contributed by atoms with Gasteiger partial charge in [-0.15, -0.1) is 0 Å². The summed E-state index contributed by atoms with van der Waals surface area (Å²) in [6.07, 6.45) is 5.17. The van der Waals surface area contributed by atoms with Crippen LogP contribution in [0.1, 0.15) is 39.0 Å². The highest BCUT2D eigenvalue weighted by Crippen LogP contribution is 2.44. The number of aliphatic carboxylic acids is 1. The first-order chi connectivity index (χ1) is 8.11. The number of hydrogen-bond donors (Lipinski definition) is 3. The lowest BCUT2D eigenvalue weighted by Crippen LogP contribution is -2.50. The number of carbonyl (C=O) groups is 2. The Morgan fingerprint density at radius 2 is 1.71 bits per heavy atom. The molecule has 0 heterocycles. The number of carboxylic acids is 1. The van der Waals surface area contributed by atoms with E-state index < -0.39 is 12.0 Å². The van der Waals surface area contributed by atoms with Gasteiger partial charge in [0.05, 0.1) is 0 Å². The summed E-state index contributed by atoms with van der Waals surface area (Å²) in [5, 5.41) is 14.3. The molecule has 2 aliphatic rings. The van der Waals surface area contributed by atoms with E-state index in [0.29, 0.717) is 18.3 Å². The number of amides is 2. The van der Waals surface area contributed by atoms with Crippen LogP contribution in [0.5, 0.6) is 0 Å². The summed E-state index contributed by atoms with van der Waals surface area (Å²) in [7, 11) is 0. The van der Waals surface area contributed by atoms with E-state index in [-0.39, 0.29) is 12.1 Å². The zero-order valence-electron chi connectivity index (χ0n) is 10.1. The van der Waals surface area contributed by atoms with Gasteiger partial charge in [-0.3, -0.25) is 0 Å². The lowest BCUT2D eigenvalue weighted by atomic mass is 10.1. The first kappa shape index (κ1) is 12.2. The average molecular weight is 240 g/mol. The largest absolute Gasteiger partial charge is 0.480 e. The molecule has 0 radical (unpaired) electrons. The van der Waals surface area contributed by atoms with Crippen molar-refractivity contribution in [3.63, 3.8) is 0 Å². The molecule has 0 aromatic carbocycles. The topological polar surface area (TPSA) is 78.4 Å². The van der Waals surface area contributed by atoms with Crippen LogP contribution in [0.15, 0.2) is 0 Å². The second kappa shape index (κ2) is 4.94. The minimum absolute atomic E-state index is 0.265. The molecule has 0 aliphatic heterocycles. The van der Waals surface area contributed by atoms with Crippen molar-refractivity contribution in [3.05, 3.63) is 0 Å². The second-order valence-corrected chi connectivity index (χ2v) is 5.12. The Labute approximate surface area is 101 Å². The maximum Gasteiger partial charge on any atom is 0.326 e. The van der Waals surface area contributed by atoms with E-state index in [0.717, 1.165) is 0 Å². The van der Waals surface area contributed by atoms with Gasteiger partial charge in [0, 0.05) is 6.04 Å². The molecule has 0 saturated heterocycles. The van der Waals surface area contributed by atoms with Crippen molar-refractivity contribution in [2.75, 3.05) is 0 Å². The fourth-order valence-corrected chi connectivity index (χ4v) is 2.22. The minimum atomic E-state index is -0.975. The number of nitrogens with one attached hydrogen (secondary N) is 2. The average Bonchev–Trinajstić information content (AvgIpc) is 3.16. The first-order valence-electron chi connectivity index (χ1n) is 6.41. The van der Waals surface area contributed by atoms with Crippen LogP contribution < -0.4 is 10.6 Å². The van der Waals surface area contributed by atoms with Crippen LogP contribution in [0, 0.1) is 11.8 Å². The number of carbonyl (C=O) groups excluding carboxylic acids is 1. The van der Waals surface area contributed by atoms with Gasteiger partial charge < -0.3 is 15.7 Å². The molecular formula is C12H20N2O3. The molecule has 2 fully saturated rings. The second-order valence-electron chi connectivity index (χ2n) is 5.12. The molecule has 1 atom stereocenters. The van der Waals surface area contributed by atoms with E-state index in [1.807, 2.05) is 0 Å². The van der Waals surface area contributed by atoms with Crippen molar-refractivity contribution in [2.24, 2.45) is 11.8 Å². The lowest BCUT2D eigenvalue weighted by molar-refractivity contribution is -0.139. The lowest BCUT2D eigenvalue weighted by Gasteiger charge is -2.20. The molecule has 0 spiro atoms. The van der Waals surface area contributed by atoms with Crippen LogP contribution in [0.25, 0.3) is 0 Å². The normalized spacial score (nSPS) is 21.1. The quantitative estimate of drug-likeness (QED) is 0.655. The molecule has 0 aromatic heterocycles. The summed E-state index contributed by atoms with van der Waals surface area (Å²) in [4.78, 5) is 22.5. The fraction of sp³-hybridized carbons (Fsp3) is 0.833. The zero-order chi connectivity index (χ0) is 12.4. The van der Waals surface area contributed by atoms with Gasteiger partial charge in [0.2, 0.25) is 0 Å². The maximum atomic E-state index is 11.7. The van der Waals surface area contributed by atoms with E-state index in [9.17, 15) is 9.59 Å².